The Kier molecular flexibility index (Phi) is 4.63. The first kappa shape index (κ1) is 13.2. The summed E-state index contributed by atoms with van der Waals surface area (Å²) in [6, 6.07) is 7.26. The number of nitrogens with two attached hydrogens (primary N) is 1. The van der Waals surface area contributed by atoms with E-state index >= 15 is 0 Å². The average molecular weight is 259 g/mol. The summed E-state index contributed by atoms with van der Waals surface area (Å²) in [5.74, 6) is -0.0843. The van der Waals surface area contributed by atoms with Gasteiger partial charge in [0.05, 0.1) is 5.69 Å². The van der Waals surface area contributed by atoms with Gasteiger partial charge in [-0.2, -0.15) is 5.10 Å². The summed E-state index contributed by atoms with van der Waals surface area (Å²) in [4.78, 5) is 15.8. The van der Waals surface area contributed by atoms with Crippen LogP contribution in [0.4, 0.5) is 0 Å². The number of amides is 1. The van der Waals surface area contributed by atoms with Crippen LogP contribution in [-0.4, -0.2) is 33.8 Å². The van der Waals surface area contributed by atoms with Crippen LogP contribution in [0.25, 0.3) is 5.69 Å². The van der Waals surface area contributed by atoms with Gasteiger partial charge in [-0.05, 0) is 37.6 Å². The average Bonchev–Trinajstić information content (AvgIpc) is 2.98. The Morgan fingerprint density at radius 3 is 3.00 bits per heavy atom. The van der Waals surface area contributed by atoms with Gasteiger partial charge in [-0.3, -0.25) is 4.79 Å². The molecule has 6 heteroatoms. The third-order valence-corrected chi connectivity index (χ3v) is 2.71. The van der Waals surface area contributed by atoms with Crippen molar-refractivity contribution in [1.29, 1.82) is 0 Å². The molecule has 6 nitrogen and oxygen atoms in total. The fourth-order valence-corrected chi connectivity index (χ4v) is 1.70. The lowest BCUT2D eigenvalue weighted by Gasteiger charge is -2.06. The maximum Gasteiger partial charge on any atom is 0.251 e. The van der Waals surface area contributed by atoms with E-state index in [9.17, 15) is 4.79 Å². The number of unbranched alkanes of at least 4 members (excludes halogenated alkanes) is 1. The van der Waals surface area contributed by atoms with Crippen LogP contribution in [-0.2, 0) is 0 Å². The second-order valence-electron chi connectivity index (χ2n) is 4.14. The number of benzene rings is 1. The Morgan fingerprint density at radius 2 is 2.26 bits per heavy atom. The van der Waals surface area contributed by atoms with Crippen LogP contribution in [0.5, 0.6) is 0 Å². The number of nitrogens with one attached hydrogen (secondary N) is 1. The molecule has 0 atom stereocenters. The van der Waals surface area contributed by atoms with E-state index in [0.29, 0.717) is 18.7 Å². The lowest BCUT2D eigenvalue weighted by Crippen LogP contribution is -2.25. The Bertz CT molecular complexity index is 524. The molecule has 3 N–H and O–H groups in total. The highest BCUT2D eigenvalue weighted by Crippen LogP contribution is 2.08. The molecular formula is C13H17N5O. The Hall–Kier alpha value is -2.21. The van der Waals surface area contributed by atoms with Crippen molar-refractivity contribution in [3.63, 3.8) is 0 Å². The summed E-state index contributed by atoms with van der Waals surface area (Å²) >= 11 is 0. The lowest BCUT2D eigenvalue weighted by atomic mass is 10.2. The van der Waals surface area contributed by atoms with E-state index in [2.05, 4.69) is 15.4 Å². The molecule has 0 bridgehead atoms. The fraction of sp³-hybridized carbons (Fsp3) is 0.308. The monoisotopic (exact) mass is 259 g/mol. The number of hydrogen-bond donors (Lipinski definition) is 2. The smallest absolute Gasteiger partial charge is 0.251 e. The van der Waals surface area contributed by atoms with Crippen molar-refractivity contribution in [3.05, 3.63) is 42.5 Å². The minimum atomic E-state index is -0.0843. The van der Waals surface area contributed by atoms with E-state index in [-0.39, 0.29) is 5.91 Å². The number of carbonyl (C=O) groups excluding carboxylic acids is 1. The van der Waals surface area contributed by atoms with Crippen LogP contribution in [0, 0.1) is 0 Å². The molecule has 0 unspecified atom stereocenters. The fourth-order valence-electron chi connectivity index (χ4n) is 1.70. The molecule has 1 aromatic carbocycles. The SMILES string of the molecule is NCCCCNC(=O)c1cccc(-n2cncn2)c1. The molecule has 0 radical (unpaired) electrons. The van der Waals surface area contributed by atoms with Gasteiger partial charge in [0.25, 0.3) is 5.91 Å². The summed E-state index contributed by atoms with van der Waals surface area (Å²) in [6.07, 6.45) is 4.86. The van der Waals surface area contributed by atoms with E-state index in [1.165, 1.54) is 6.33 Å². The van der Waals surface area contributed by atoms with Gasteiger partial charge in [-0.1, -0.05) is 6.07 Å². The van der Waals surface area contributed by atoms with E-state index in [0.717, 1.165) is 18.5 Å². The second kappa shape index (κ2) is 6.65. The van der Waals surface area contributed by atoms with Gasteiger partial charge in [0, 0.05) is 12.1 Å². The maximum absolute atomic E-state index is 11.9. The van der Waals surface area contributed by atoms with Crippen molar-refractivity contribution in [2.24, 2.45) is 5.73 Å². The van der Waals surface area contributed by atoms with E-state index < -0.39 is 0 Å². The molecule has 100 valence electrons. The predicted molar refractivity (Wildman–Crippen MR) is 72.0 cm³/mol. The maximum atomic E-state index is 11.9. The molecule has 0 saturated carbocycles. The van der Waals surface area contributed by atoms with Crippen molar-refractivity contribution < 1.29 is 4.79 Å². The first-order chi connectivity index (χ1) is 9.31. The molecule has 19 heavy (non-hydrogen) atoms. The zero-order valence-corrected chi connectivity index (χ0v) is 10.6. The zero-order valence-electron chi connectivity index (χ0n) is 10.6. The third kappa shape index (κ3) is 3.62. The standard InChI is InChI=1S/C13H17N5O/c14-6-1-2-7-16-13(19)11-4-3-5-12(8-11)18-10-15-9-17-18/h3-5,8-10H,1-2,6-7,14H2,(H,16,19). The number of rotatable bonds is 6. The first-order valence-electron chi connectivity index (χ1n) is 6.24. The molecule has 2 aromatic rings. The van der Waals surface area contributed by atoms with Crippen LogP contribution >= 0.6 is 0 Å². The van der Waals surface area contributed by atoms with Crippen LogP contribution in [0.3, 0.4) is 0 Å². The quantitative estimate of drug-likeness (QED) is 0.749. The van der Waals surface area contributed by atoms with Gasteiger partial charge in [0.2, 0.25) is 0 Å². The predicted octanol–water partition coefficient (Wildman–Crippen LogP) is 0.736. The summed E-state index contributed by atoms with van der Waals surface area (Å²) in [7, 11) is 0. The van der Waals surface area contributed by atoms with Gasteiger partial charge < -0.3 is 11.1 Å². The number of nitrogens with zero attached hydrogens (tertiary/aromatic N) is 3. The van der Waals surface area contributed by atoms with Gasteiger partial charge in [0.1, 0.15) is 12.7 Å². The van der Waals surface area contributed by atoms with Crippen LogP contribution in [0.15, 0.2) is 36.9 Å². The summed E-state index contributed by atoms with van der Waals surface area (Å²) in [5, 5.41) is 6.90. The van der Waals surface area contributed by atoms with Gasteiger partial charge in [-0.25, -0.2) is 9.67 Å². The molecule has 1 amide bonds. The van der Waals surface area contributed by atoms with E-state index in [4.69, 9.17) is 5.73 Å². The molecule has 0 aliphatic carbocycles. The van der Waals surface area contributed by atoms with Crippen molar-refractivity contribution in [2.45, 2.75) is 12.8 Å². The number of aromatic nitrogens is 3. The first-order valence-corrected chi connectivity index (χ1v) is 6.24. The van der Waals surface area contributed by atoms with Crippen molar-refractivity contribution >= 4 is 5.91 Å². The largest absolute Gasteiger partial charge is 0.352 e. The van der Waals surface area contributed by atoms with Crippen LogP contribution < -0.4 is 11.1 Å². The van der Waals surface area contributed by atoms with Crippen molar-refractivity contribution in [1.82, 2.24) is 20.1 Å². The summed E-state index contributed by atoms with van der Waals surface area (Å²) < 4.78 is 1.62. The van der Waals surface area contributed by atoms with Crippen molar-refractivity contribution in [2.75, 3.05) is 13.1 Å². The van der Waals surface area contributed by atoms with Crippen LogP contribution in [0.1, 0.15) is 23.2 Å². The molecule has 0 fully saturated rings. The van der Waals surface area contributed by atoms with E-state index in [1.54, 1.807) is 23.1 Å². The lowest BCUT2D eigenvalue weighted by molar-refractivity contribution is 0.0953. The Balaban J connectivity index is 2.00. The highest BCUT2D eigenvalue weighted by atomic mass is 16.1. The van der Waals surface area contributed by atoms with Gasteiger partial charge in [0.15, 0.2) is 0 Å². The zero-order chi connectivity index (χ0) is 13.5. The molecule has 0 spiro atoms. The molecule has 2 rings (SSSR count). The summed E-state index contributed by atoms with van der Waals surface area (Å²) in [5.41, 5.74) is 6.83. The molecular weight excluding hydrogens is 242 g/mol. The highest BCUT2D eigenvalue weighted by Gasteiger charge is 2.06. The van der Waals surface area contributed by atoms with Gasteiger partial charge in [-0.15, -0.1) is 0 Å². The number of carbonyl (C=O) groups is 1. The molecule has 1 heterocycles. The van der Waals surface area contributed by atoms with Gasteiger partial charge >= 0.3 is 0 Å². The minimum Gasteiger partial charge on any atom is -0.352 e. The normalized spacial score (nSPS) is 10.4. The topological polar surface area (TPSA) is 85.8 Å². The minimum absolute atomic E-state index is 0.0843. The Morgan fingerprint density at radius 1 is 1.37 bits per heavy atom. The van der Waals surface area contributed by atoms with Crippen molar-refractivity contribution in [3.8, 4) is 5.69 Å². The molecule has 1 aromatic heterocycles. The highest BCUT2D eigenvalue weighted by molar-refractivity contribution is 5.94. The van der Waals surface area contributed by atoms with E-state index in [1.807, 2.05) is 12.1 Å². The van der Waals surface area contributed by atoms with Crippen LogP contribution in [0.2, 0.25) is 0 Å². The number of hydrogen-bond acceptors (Lipinski definition) is 4. The molecule has 0 aliphatic rings. The molecule has 0 aliphatic heterocycles. The summed E-state index contributed by atoms with van der Waals surface area (Å²) in [6.45, 7) is 1.29. The second-order valence-corrected chi connectivity index (χ2v) is 4.14. The third-order valence-electron chi connectivity index (χ3n) is 2.71. The Labute approximate surface area is 111 Å². The molecule has 0 saturated heterocycles.